The van der Waals surface area contributed by atoms with E-state index in [2.05, 4.69) is 27.7 Å². The van der Waals surface area contributed by atoms with Crippen molar-refractivity contribution in [3.8, 4) is 0 Å². The zero-order valence-corrected chi connectivity index (χ0v) is 13.4. The summed E-state index contributed by atoms with van der Waals surface area (Å²) < 4.78 is 1.25. The molecule has 1 aliphatic carbocycles. The number of thiophene rings is 1. The third-order valence-electron chi connectivity index (χ3n) is 5.98. The van der Waals surface area contributed by atoms with Crippen LogP contribution in [0.1, 0.15) is 36.0 Å². The molecule has 1 saturated carbocycles. The highest BCUT2D eigenvalue weighted by atomic mass is 32.1. The molecule has 4 fully saturated rings. The van der Waals surface area contributed by atoms with Crippen LogP contribution >= 0.6 is 11.3 Å². The summed E-state index contributed by atoms with van der Waals surface area (Å²) in [5.74, 6) is 0.791. The minimum atomic E-state index is 0.109. The average molecular weight is 312 g/mol. The summed E-state index contributed by atoms with van der Waals surface area (Å²) in [6, 6.07) is 8.52. The van der Waals surface area contributed by atoms with E-state index in [0.29, 0.717) is 17.5 Å². The second-order valence-electron chi connectivity index (χ2n) is 7.05. The highest BCUT2D eigenvalue weighted by Gasteiger charge is 2.60. The van der Waals surface area contributed by atoms with Gasteiger partial charge in [-0.05, 0) is 79.7 Å². The quantitative estimate of drug-likeness (QED) is 0.923. The lowest BCUT2D eigenvalue weighted by Gasteiger charge is -2.52. The predicted octanol–water partition coefficient (Wildman–Crippen LogP) is 3.26. The molecule has 3 nitrogen and oxygen atoms in total. The van der Waals surface area contributed by atoms with Crippen LogP contribution in [0.3, 0.4) is 0 Å². The van der Waals surface area contributed by atoms with Crippen LogP contribution in [-0.4, -0.2) is 35.5 Å². The van der Waals surface area contributed by atoms with Crippen molar-refractivity contribution in [1.82, 2.24) is 10.2 Å². The number of benzene rings is 1. The second-order valence-corrected chi connectivity index (χ2v) is 8.00. The summed E-state index contributed by atoms with van der Waals surface area (Å²) >= 11 is 1.72. The maximum Gasteiger partial charge on any atom is 0.251 e. The maximum absolute atomic E-state index is 12.7. The van der Waals surface area contributed by atoms with Gasteiger partial charge in [0.2, 0.25) is 0 Å². The molecular weight excluding hydrogens is 292 g/mol. The van der Waals surface area contributed by atoms with Gasteiger partial charge in [-0.15, -0.1) is 11.3 Å². The average Bonchev–Trinajstić information content (AvgIpc) is 3.18. The fraction of sp³-hybridized carbons (Fsp3) is 0.500. The molecule has 4 heterocycles. The van der Waals surface area contributed by atoms with Gasteiger partial charge in [0.1, 0.15) is 0 Å². The zero-order chi connectivity index (χ0) is 14.7. The predicted molar refractivity (Wildman–Crippen MR) is 89.3 cm³/mol. The summed E-state index contributed by atoms with van der Waals surface area (Å²) in [5, 5.41) is 6.66. The first kappa shape index (κ1) is 13.1. The minimum absolute atomic E-state index is 0.109. The molecule has 1 amide bonds. The Labute approximate surface area is 134 Å². The number of nitrogens with one attached hydrogen (secondary N) is 1. The fourth-order valence-corrected chi connectivity index (χ4v) is 5.42. The third-order valence-corrected chi connectivity index (χ3v) is 6.88. The molecule has 6 rings (SSSR count). The van der Waals surface area contributed by atoms with Crippen LogP contribution in [0.5, 0.6) is 0 Å². The van der Waals surface area contributed by atoms with Crippen molar-refractivity contribution in [3.63, 3.8) is 0 Å². The Morgan fingerprint density at radius 2 is 2.05 bits per heavy atom. The Balaban J connectivity index is 1.42. The number of carbonyl (C=O) groups excluding carboxylic acids is 1. The van der Waals surface area contributed by atoms with E-state index < -0.39 is 0 Å². The van der Waals surface area contributed by atoms with Gasteiger partial charge in [0, 0.05) is 15.8 Å². The Morgan fingerprint density at radius 3 is 2.82 bits per heavy atom. The SMILES string of the molecule is O=C(NC1C2CCN(CC2)C12CC2)c1ccc2sccc2c1. The van der Waals surface area contributed by atoms with Gasteiger partial charge in [-0.25, -0.2) is 0 Å². The van der Waals surface area contributed by atoms with Crippen molar-refractivity contribution in [1.29, 1.82) is 0 Å². The highest BCUT2D eigenvalue weighted by molar-refractivity contribution is 7.17. The summed E-state index contributed by atoms with van der Waals surface area (Å²) in [6.45, 7) is 2.47. The van der Waals surface area contributed by atoms with Crippen LogP contribution in [0.25, 0.3) is 10.1 Å². The van der Waals surface area contributed by atoms with Crippen LogP contribution in [0.4, 0.5) is 0 Å². The minimum Gasteiger partial charge on any atom is -0.347 e. The van der Waals surface area contributed by atoms with Crippen LogP contribution < -0.4 is 5.32 Å². The number of rotatable bonds is 2. The Hall–Kier alpha value is -1.39. The van der Waals surface area contributed by atoms with Crippen molar-refractivity contribution >= 4 is 27.3 Å². The number of carbonyl (C=O) groups is 1. The van der Waals surface area contributed by atoms with E-state index in [1.54, 1.807) is 11.3 Å². The lowest BCUT2D eigenvalue weighted by molar-refractivity contribution is -0.00144. The van der Waals surface area contributed by atoms with Crippen molar-refractivity contribution in [2.75, 3.05) is 13.1 Å². The van der Waals surface area contributed by atoms with Gasteiger partial charge in [-0.3, -0.25) is 9.69 Å². The maximum atomic E-state index is 12.7. The standard InChI is InChI=1S/C18H20N2OS/c21-17(14-1-2-15-13(11-14)5-10-22-15)19-16-12-3-8-20(9-4-12)18(16)6-7-18/h1-2,5,10-12,16H,3-4,6-9H2,(H,19,21). The number of amides is 1. The first-order valence-electron chi connectivity index (χ1n) is 8.29. The van der Waals surface area contributed by atoms with E-state index in [-0.39, 0.29) is 5.91 Å². The molecule has 1 atom stereocenters. The van der Waals surface area contributed by atoms with E-state index in [4.69, 9.17) is 0 Å². The van der Waals surface area contributed by atoms with E-state index in [1.807, 2.05) is 12.1 Å². The van der Waals surface area contributed by atoms with Crippen LogP contribution in [0, 0.1) is 5.92 Å². The molecule has 1 N–H and O–H groups in total. The van der Waals surface area contributed by atoms with Gasteiger partial charge < -0.3 is 5.32 Å². The van der Waals surface area contributed by atoms with Gasteiger partial charge in [0.05, 0.1) is 6.04 Å². The number of hydrogen-bond donors (Lipinski definition) is 1. The summed E-state index contributed by atoms with van der Waals surface area (Å²) in [7, 11) is 0. The van der Waals surface area contributed by atoms with E-state index >= 15 is 0 Å². The summed E-state index contributed by atoms with van der Waals surface area (Å²) in [4.78, 5) is 15.4. The highest BCUT2D eigenvalue weighted by Crippen LogP contribution is 2.53. The largest absolute Gasteiger partial charge is 0.347 e. The number of hydrogen-bond acceptors (Lipinski definition) is 3. The Bertz CT molecular complexity index is 740. The van der Waals surface area contributed by atoms with Crippen molar-refractivity contribution in [3.05, 3.63) is 35.2 Å². The summed E-state index contributed by atoms with van der Waals surface area (Å²) in [6.07, 6.45) is 5.02. The number of piperidine rings is 3. The molecule has 114 valence electrons. The van der Waals surface area contributed by atoms with Gasteiger partial charge in [-0.2, -0.15) is 0 Å². The zero-order valence-electron chi connectivity index (χ0n) is 12.5. The number of fused-ring (bicyclic) bond motifs is 3. The fourth-order valence-electron chi connectivity index (χ4n) is 4.65. The lowest BCUT2D eigenvalue weighted by Crippen LogP contribution is -2.65. The van der Waals surface area contributed by atoms with Gasteiger partial charge in [0.25, 0.3) is 5.91 Å². The summed E-state index contributed by atoms with van der Waals surface area (Å²) in [5.41, 5.74) is 1.11. The molecule has 1 aromatic heterocycles. The monoisotopic (exact) mass is 312 g/mol. The molecule has 4 heteroatoms. The Kier molecular flexibility index (Phi) is 2.71. The first-order chi connectivity index (χ1) is 10.8. The van der Waals surface area contributed by atoms with Gasteiger partial charge >= 0.3 is 0 Å². The van der Waals surface area contributed by atoms with Crippen LogP contribution in [0.2, 0.25) is 0 Å². The molecule has 2 aromatic rings. The van der Waals surface area contributed by atoms with Crippen molar-refractivity contribution < 1.29 is 4.79 Å². The molecule has 4 aliphatic rings. The molecule has 1 aromatic carbocycles. The van der Waals surface area contributed by atoms with Crippen LogP contribution in [0.15, 0.2) is 29.6 Å². The number of nitrogens with zero attached hydrogens (tertiary/aromatic N) is 1. The van der Waals surface area contributed by atoms with E-state index in [9.17, 15) is 4.79 Å². The van der Waals surface area contributed by atoms with Crippen LogP contribution in [-0.2, 0) is 0 Å². The van der Waals surface area contributed by atoms with E-state index in [0.717, 1.165) is 5.56 Å². The van der Waals surface area contributed by atoms with Crippen molar-refractivity contribution in [2.24, 2.45) is 5.92 Å². The second kappa shape index (κ2) is 4.56. The molecular formula is C18H20N2OS. The van der Waals surface area contributed by atoms with Gasteiger partial charge in [0.15, 0.2) is 0 Å². The third kappa shape index (κ3) is 1.80. The topological polar surface area (TPSA) is 32.3 Å². The van der Waals surface area contributed by atoms with Crippen molar-refractivity contribution in [2.45, 2.75) is 37.3 Å². The molecule has 1 spiro atoms. The lowest BCUT2D eigenvalue weighted by atomic mass is 9.77. The smallest absolute Gasteiger partial charge is 0.251 e. The molecule has 0 radical (unpaired) electrons. The molecule has 22 heavy (non-hydrogen) atoms. The normalized spacial score (nSPS) is 31.5. The molecule has 1 unspecified atom stereocenters. The van der Waals surface area contributed by atoms with E-state index in [1.165, 1.54) is 48.9 Å². The molecule has 2 bridgehead atoms. The van der Waals surface area contributed by atoms with Gasteiger partial charge in [-0.1, -0.05) is 0 Å². The Morgan fingerprint density at radius 1 is 1.23 bits per heavy atom. The first-order valence-corrected chi connectivity index (χ1v) is 9.17. The molecule has 3 saturated heterocycles. The molecule has 3 aliphatic heterocycles.